The minimum absolute atomic E-state index is 0.0602. The van der Waals surface area contributed by atoms with E-state index in [2.05, 4.69) is 36.5 Å². The highest BCUT2D eigenvalue weighted by Crippen LogP contribution is 2.41. The van der Waals surface area contributed by atoms with Crippen LogP contribution in [-0.4, -0.2) is 23.7 Å². The number of carboxylic acids is 1. The molecule has 1 aliphatic rings. The van der Waals surface area contributed by atoms with E-state index in [0.29, 0.717) is 24.3 Å². The van der Waals surface area contributed by atoms with Gasteiger partial charge in [0.25, 0.3) is 0 Å². The summed E-state index contributed by atoms with van der Waals surface area (Å²) in [5.41, 5.74) is 1.47. The number of halogens is 2. The van der Waals surface area contributed by atoms with Crippen LogP contribution in [0.25, 0.3) is 10.8 Å². The van der Waals surface area contributed by atoms with Gasteiger partial charge in [0.1, 0.15) is 29.1 Å². The summed E-state index contributed by atoms with van der Waals surface area (Å²) >= 11 is 0. The molecule has 0 bridgehead atoms. The SMILES string of the molecule is C[C@@H](NC[C@H]1C[C@@H](c2cc(F)c(C(=O)O)c(F)c2)c2ccccc2O1)c1cccc2ccccc12. The maximum Gasteiger partial charge on any atom is 0.341 e. The summed E-state index contributed by atoms with van der Waals surface area (Å²) in [5, 5.41) is 15.0. The van der Waals surface area contributed by atoms with Gasteiger partial charge in [-0.25, -0.2) is 13.6 Å². The topological polar surface area (TPSA) is 58.6 Å². The highest BCUT2D eigenvalue weighted by molar-refractivity contribution is 5.88. The van der Waals surface area contributed by atoms with Crippen LogP contribution in [0.1, 0.15) is 52.4 Å². The van der Waals surface area contributed by atoms with Gasteiger partial charge in [-0.3, -0.25) is 0 Å². The lowest BCUT2D eigenvalue weighted by atomic mass is 9.83. The molecule has 0 amide bonds. The second kappa shape index (κ2) is 9.47. The number of benzene rings is 4. The number of carbonyl (C=O) groups is 1. The number of fused-ring (bicyclic) bond motifs is 2. The third-order valence-electron chi connectivity index (χ3n) is 6.71. The zero-order valence-electron chi connectivity index (χ0n) is 19.2. The molecule has 1 heterocycles. The van der Waals surface area contributed by atoms with Crippen LogP contribution in [0.3, 0.4) is 0 Å². The fourth-order valence-electron chi connectivity index (χ4n) is 4.98. The van der Waals surface area contributed by atoms with Crippen LogP contribution in [0.2, 0.25) is 0 Å². The van der Waals surface area contributed by atoms with Gasteiger partial charge < -0.3 is 15.2 Å². The lowest BCUT2D eigenvalue weighted by Crippen LogP contribution is -2.37. The number of hydrogen-bond donors (Lipinski definition) is 2. The predicted molar refractivity (Wildman–Crippen MR) is 131 cm³/mol. The van der Waals surface area contributed by atoms with E-state index in [1.807, 2.05) is 42.5 Å². The Balaban J connectivity index is 1.40. The van der Waals surface area contributed by atoms with Gasteiger partial charge >= 0.3 is 5.97 Å². The van der Waals surface area contributed by atoms with E-state index >= 15 is 0 Å². The van der Waals surface area contributed by atoms with E-state index < -0.39 is 23.2 Å². The zero-order chi connectivity index (χ0) is 24.5. The first-order valence-electron chi connectivity index (χ1n) is 11.6. The van der Waals surface area contributed by atoms with Crippen molar-refractivity contribution >= 4 is 16.7 Å². The summed E-state index contributed by atoms with van der Waals surface area (Å²) in [6.07, 6.45) is 0.259. The molecule has 0 unspecified atom stereocenters. The van der Waals surface area contributed by atoms with Gasteiger partial charge in [0.15, 0.2) is 0 Å². The fraction of sp³-hybridized carbons (Fsp3) is 0.207. The monoisotopic (exact) mass is 473 g/mol. The Morgan fingerprint density at radius 3 is 2.49 bits per heavy atom. The number of rotatable bonds is 6. The van der Waals surface area contributed by atoms with Gasteiger partial charge in [0, 0.05) is 24.1 Å². The van der Waals surface area contributed by atoms with E-state index in [1.54, 1.807) is 0 Å². The van der Waals surface area contributed by atoms with Crippen LogP contribution in [0.4, 0.5) is 8.78 Å². The van der Waals surface area contributed by atoms with Gasteiger partial charge in [0.05, 0.1) is 0 Å². The molecule has 0 spiro atoms. The van der Waals surface area contributed by atoms with Crippen molar-refractivity contribution in [3.8, 4) is 5.75 Å². The Hall–Kier alpha value is -3.77. The molecule has 35 heavy (non-hydrogen) atoms. The molecule has 3 atom stereocenters. The Labute approximate surface area is 202 Å². The predicted octanol–water partition coefficient (Wildman–Crippen LogP) is 6.45. The lowest BCUT2D eigenvalue weighted by Gasteiger charge is -2.33. The molecule has 0 saturated heterocycles. The molecule has 0 aliphatic carbocycles. The van der Waals surface area contributed by atoms with Crippen molar-refractivity contribution < 1.29 is 23.4 Å². The van der Waals surface area contributed by atoms with E-state index in [9.17, 15) is 13.6 Å². The third-order valence-corrected chi connectivity index (χ3v) is 6.71. The van der Waals surface area contributed by atoms with Crippen LogP contribution in [0.15, 0.2) is 78.9 Å². The average molecular weight is 474 g/mol. The van der Waals surface area contributed by atoms with E-state index in [4.69, 9.17) is 9.84 Å². The number of hydrogen-bond acceptors (Lipinski definition) is 3. The number of aromatic carboxylic acids is 1. The summed E-state index contributed by atoms with van der Waals surface area (Å²) in [7, 11) is 0. The molecule has 5 rings (SSSR count). The summed E-state index contributed by atoms with van der Waals surface area (Å²) < 4.78 is 35.2. The highest BCUT2D eigenvalue weighted by atomic mass is 19.1. The van der Waals surface area contributed by atoms with Crippen LogP contribution in [0.5, 0.6) is 5.75 Å². The first kappa shape index (κ1) is 23.0. The molecule has 0 aromatic heterocycles. The van der Waals surface area contributed by atoms with Gasteiger partial charge in [0.2, 0.25) is 0 Å². The largest absolute Gasteiger partial charge is 0.489 e. The number of carboxylic acid groups (broad SMARTS) is 1. The van der Waals surface area contributed by atoms with Crippen molar-refractivity contribution in [1.29, 1.82) is 0 Å². The molecule has 0 saturated carbocycles. The van der Waals surface area contributed by atoms with Gasteiger partial charge in [-0.15, -0.1) is 0 Å². The molecule has 4 nitrogen and oxygen atoms in total. The molecular formula is C29H25F2NO3. The minimum atomic E-state index is -1.62. The second-order valence-corrected chi connectivity index (χ2v) is 8.93. The quantitative estimate of drug-likeness (QED) is 0.338. The van der Waals surface area contributed by atoms with Crippen LogP contribution < -0.4 is 10.1 Å². The van der Waals surface area contributed by atoms with Crippen molar-refractivity contribution in [3.63, 3.8) is 0 Å². The van der Waals surface area contributed by atoms with E-state index in [-0.39, 0.29) is 18.1 Å². The molecule has 2 N–H and O–H groups in total. The first-order valence-corrected chi connectivity index (χ1v) is 11.6. The Morgan fingerprint density at radius 1 is 1.03 bits per heavy atom. The smallest absolute Gasteiger partial charge is 0.341 e. The van der Waals surface area contributed by atoms with E-state index in [1.165, 1.54) is 16.3 Å². The average Bonchev–Trinajstić information content (AvgIpc) is 2.85. The molecule has 0 fully saturated rings. The van der Waals surface area contributed by atoms with Crippen molar-refractivity contribution in [2.45, 2.75) is 31.4 Å². The molecule has 4 aromatic carbocycles. The third kappa shape index (κ3) is 4.49. The molecule has 178 valence electrons. The van der Waals surface area contributed by atoms with Gasteiger partial charge in [-0.2, -0.15) is 0 Å². The maximum atomic E-state index is 14.5. The second-order valence-electron chi connectivity index (χ2n) is 8.93. The first-order chi connectivity index (χ1) is 16.9. The maximum absolute atomic E-state index is 14.5. The van der Waals surface area contributed by atoms with E-state index in [0.717, 1.165) is 17.7 Å². The molecule has 6 heteroatoms. The zero-order valence-corrected chi connectivity index (χ0v) is 19.2. The lowest BCUT2D eigenvalue weighted by molar-refractivity contribution is 0.0686. The molecule has 4 aromatic rings. The normalized spacial score (nSPS) is 18.0. The molecule has 0 radical (unpaired) electrons. The summed E-state index contributed by atoms with van der Waals surface area (Å²) in [4.78, 5) is 11.2. The molecule has 1 aliphatic heterocycles. The van der Waals surface area contributed by atoms with Crippen LogP contribution in [-0.2, 0) is 0 Å². The standard InChI is InChI=1S/C29H25F2NO3/c1-17(21-11-6-8-18-7-2-3-9-22(18)21)32-16-20-15-24(23-10-4-5-12-27(23)35-20)19-13-25(30)28(29(33)34)26(31)14-19/h2-14,17,20,24,32H,15-16H2,1H3,(H,33,34)/t17-,20-,24+/m1/s1. The fourth-order valence-corrected chi connectivity index (χ4v) is 4.98. The van der Waals surface area contributed by atoms with Crippen LogP contribution >= 0.6 is 0 Å². The summed E-state index contributed by atoms with van der Waals surface area (Å²) in [6.45, 7) is 2.64. The van der Waals surface area contributed by atoms with Crippen molar-refractivity contribution in [1.82, 2.24) is 5.32 Å². The van der Waals surface area contributed by atoms with Crippen LogP contribution in [0, 0.1) is 11.6 Å². The minimum Gasteiger partial charge on any atom is -0.489 e. The van der Waals surface area contributed by atoms with Crippen molar-refractivity contribution in [2.24, 2.45) is 0 Å². The summed E-state index contributed by atoms with van der Waals surface area (Å²) in [5.74, 6) is -3.43. The number of ether oxygens (including phenoxy) is 1. The van der Waals surface area contributed by atoms with Gasteiger partial charge in [-0.05, 0) is 53.4 Å². The Bertz CT molecular complexity index is 1380. The Kier molecular flexibility index (Phi) is 6.22. The summed E-state index contributed by atoms with van der Waals surface area (Å²) in [6, 6.07) is 24.2. The highest BCUT2D eigenvalue weighted by Gasteiger charge is 2.31. The van der Waals surface area contributed by atoms with Gasteiger partial charge in [-0.1, -0.05) is 60.7 Å². The molecular weight excluding hydrogens is 448 g/mol. The van der Waals surface area contributed by atoms with Crippen molar-refractivity contribution in [3.05, 3.63) is 113 Å². The number of nitrogens with one attached hydrogen (secondary N) is 1. The Morgan fingerprint density at radius 2 is 1.71 bits per heavy atom. The number of para-hydroxylation sites is 1. The van der Waals surface area contributed by atoms with Crippen molar-refractivity contribution in [2.75, 3.05) is 6.54 Å².